The molecule has 0 aromatic heterocycles. The third kappa shape index (κ3) is 5.09. The summed E-state index contributed by atoms with van der Waals surface area (Å²) in [6.45, 7) is 2.75. The van der Waals surface area contributed by atoms with Crippen molar-refractivity contribution >= 4 is 18.6 Å². The van der Waals surface area contributed by atoms with E-state index in [4.69, 9.17) is 10.5 Å². The number of carbonyl (C=O) groups excluding carboxylic acids is 1. The van der Waals surface area contributed by atoms with E-state index in [1.54, 1.807) is 0 Å². The molecule has 0 aliphatic heterocycles. The predicted molar refractivity (Wildman–Crippen MR) is 47.7 cm³/mol. The molecule has 11 heavy (non-hydrogen) atoms. The van der Waals surface area contributed by atoms with Gasteiger partial charge in [-0.1, -0.05) is 13.3 Å². The summed E-state index contributed by atoms with van der Waals surface area (Å²) in [6.07, 6.45) is 1.92. The fraction of sp³-hybridized carbons (Fsp3) is 0.857. The average Bonchev–Trinajstić information content (AvgIpc) is 2.03. The van der Waals surface area contributed by atoms with Crippen molar-refractivity contribution in [2.75, 3.05) is 13.2 Å². The lowest BCUT2D eigenvalue weighted by Gasteiger charge is -2.07. The standard InChI is InChI=1S/C7H15NO2S/c1-2-3-4-10-7(9)6(11)5-8/h6,11H,2-5,8H2,1H3. The number of unbranched alkanes of at least 4 members (excludes halogenated alkanes) is 1. The highest BCUT2D eigenvalue weighted by atomic mass is 32.1. The summed E-state index contributed by atoms with van der Waals surface area (Å²) in [5, 5.41) is -0.466. The minimum atomic E-state index is -0.466. The predicted octanol–water partition coefficient (Wildman–Crippen LogP) is 0.587. The zero-order chi connectivity index (χ0) is 8.69. The van der Waals surface area contributed by atoms with E-state index in [1.165, 1.54) is 0 Å². The molecule has 0 aromatic carbocycles. The molecule has 0 aromatic rings. The van der Waals surface area contributed by atoms with Crippen molar-refractivity contribution in [1.29, 1.82) is 0 Å². The molecule has 0 amide bonds. The van der Waals surface area contributed by atoms with E-state index < -0.39 is 5.25 Å². The van der Waals surface area contributed by atoms with Crippen molar-refractivity contribution in [3.8, 4) is 0 Å². The molecule has 1 unspecified atom stereocenters. The fourth-order valence-electron chi connectivity index (χ4n) is 0.510. The van der Waals surface area contributed by atoms with Gasteiger partial charge in [0.25, 0.3) is 0 Å². The maximum absolute atomic E-state index is 10.9. The number of hydrogen-bond donors (Lipinski definition) is 2. The van der Waals surface area contributed by atoms with Gasteiger partial charge in [0, 0.05) is 6.54 Å². The van der Waals surface area contributed by atoms with E-state index >= 15 is 0 Å². The Hall–Kier alpha value is -0.220. The van der Waals surface area contributed by atoms with Gasteiger partial charge in [-0.25, -0.2) is 0 Å². The zero-order valence-electron chi connectivity index (χ0n) is 6.75. The second-order valence-corrected chi connectivity index (χ2v) is 2.90. The summed E-state index contributed by atoms with van der Waals surface area (Å²) in [7, 11) is 0. The maximum Gasteiger partial charge on any atom is 0.320 e. The second kappa shape index (κ2) is 6.49. The number of esters is 1. The molecule has 0 aliphatic rings. The molecule has 3 nitrogen and oxygen atoms in total. The van der Waals surface area contributed by atoms with Crippen LogP contribution in [0.25, 0.3) is 0 Å². The molecule has 4 heteroatoms. The Kier molecular flexibility index (Phi) is 6.36. The SMILES string of the molecule is CCCCOC(=O)C(S)CN. The largest absolute Gasteiger partial charge is 0.465 e. The molecule has 0 saturated carbocycles. The smallest absolute Gasteiger partial charge is 0.320 e. The van der Waals surface area contributed by atoms with Gasteiger partial charge in [0.15, 0.2) is 0 Å². The topological polar surface area (TPSA) is 52.3 Å². The van der Waals surface area contributed by atoms with Crippen LogP contribution in [0.3, 0.4) is 0 Å². The summed E-state index contributed by atoms with van der Waals surface area (Å²) in [5.74, 6) is -0.315. The van der Waals surface area contributed by atoms with Gasteiger partial charge in [-0.3, -0.25) is 4.79 Å². The summed E-state index contributed by atoms with van der Waals surface area (Å²) in [4.78, 5) is 10.9. The van der Waals surface area contributed by atoms with Crippen LogP contribution in [0, 0.1) is 0 Å². The Balaban J connectivity index is 3.36. The molecule has 0 bridgehead atoms. The fourth-order valence-corrected chi connectivity index (χ4v) is 0.584. The Bertz CT molecular complexity index is 119. The lowest BCUT2D eigenvalue weighted by atomic mass is 10.3. The Morgan fingerprint density at radius 3 is 2.82 bits per heavy atom. The monoisotopic (exact) mass is 177 g/mol. The number of carbonyl (C=O) groups is 1. The highest BCUT2D eigenvalue weighted by Gasteiger charge is 2.11. The van der Waals surface area contributed by atoms with Crippen LogP contribution in [-0.4, -0.2) is 24.4 Å². The highest BCUT2D eigenvalue weighted by molar-refractivity contribution is 7.81. The quantitative estimate of drug-likeness (QED) is 0.367. The molecule has 0 rings (SSSR count). The molecule has 0 saturated heterocycles. The van der Waals surface area contributed by atoms with Crippen LogP contribution in [0.1, 0.15) is 19.8 Å². The highest BCUT2D eigenvalue weighted by Crippen LogP contribution is 1.97. The second-order valence-electron chi connectivity index (χ2n) is 2.27. The number of thiol groups is 1. The van der Waals surface area contributed by atoms with E-state index in [1.807, 2.05) is 6.92 Å². The number of ether oxygens (including phenoxy) is 1. The van der Waals surface area contributed by atoms with Gasteiger partial charge >= 0.3 is 5.97 Å². The summed E-state index contributed by atoms with van der Waals surface area (Å²) in [6, 6.07) is 0. The minimum Gasteiger partial charge on any atom is -0.465 e. The lowest BCUT2D eigenvalue weighted by molar-refractivity contribution is -0.142. The first-order valence-corrected chi connectivity index (χ1v) is 4.28. The van der Waals surface area contributed by atoms with Crippen LogP contribution >= 0.6 is 12.6 Å². The summed E-state index contributed by atoms with van der Waals surface area (Å²) in [5.41, 5.74) is 5.20. The van der Waals surface area contributed by atoms with Crippen molar-refractivity contribution in [2.45, 2.75) is 25.0 Å². The van der Waals surface area contributed by atoms with E-state index in [0.29, 0.717) is 6.61 Å². The lowest BCUT2D eigenvalue weighted by Crippen LogP contribution is -2.26. The number of nitrogens with two attached hydrogens (primary N) is 1. The third-order valence-corrected chi connectivity index (χ3v) is 1.66. The number of hydrogen-bond acceptors (Lipinski definition) is 4. The molecular formula is C7H15NO2S. The van der Waals surface area contributed by atoms with Crippen LogP contribution in [-0.2, 0) is 9.53 Å². The first kappa shape index (κ1) is 10.8. The third-order valence-electron chi connectivity index (χ3n) is 1.24. The summed E-state index contributed by atoms with van der Waals surface area (Å²) >= 11 is 3.93. The molecule has 0 spiro atoms. The van der Waals surface area contributed by atoms with Crippen molar-refractivity contribution in [3.05, 3.63) is 0 Å². The average molecular weight is 177 g/mol. The van der Waals surface area contributed by atoms with Crippen molar-refractivity contribution in [3.63, 3.8) is 0 Å². The van der Waals surface area contributed by atoms with Crippen molar-refractivity contribution < 1.29 is 9.53 Å². The molecule has 0 radical (unpaired) electrons. The first-order chi connectivity index (χ1) is 5.22. The first-order valence-electron chi connectivity index (χ1n) is 3.77. The molecule has 66 valence electrons. The van der Waals surface area contributed by atoms with E-state index in [-0.39, 0.29) is 12.5 Å². The Morgan fingerprint density at radius 2 is 2.36 bits per heavy atom. The molecule has 2 N–H and O–H groups in total. The van der Waals surface area contributed by atoms with Crippen LogP contribution < -0.4 is 5.73 Å². The van der Waals surface area contributed by atoms with Gasteiger partial charge in [0.2, 0.25) is 0 Å². The van der Waals surface area contributed by atoms with E-state index in [9.17, 15) is 4.79 Å². The normalized spacial score (nSPS) is 12.6. The minimum absolute atomic E-state index is 0.230. The number of rotatable bonds is 5. The van der Waals surface area contributed by atoms with E-state index in [2.05, 4.69) is 12.6 Å². The van der Waals surface area contributed by atoms with Gasteiger partial charge < -0.3 is 10.5 Å². The molecule has 1 atom stereocenters. The van der Waals surface area contributed by atoms with Crippen LogP contribution in [0.4, 0.5) is 0 Å². The van der Waals surface area contributed by atoms with E-state index in [0.717, 1.165) is 12.8 Å². The van der Waals surface area contributed by atoms with Gasteiger partial charge in [0.05, 0.1) is 6.61 Å². The van der Waals surface area contributed by atoms with Crippen LogP contribution in [0.5, 0.6) is 0 Å². The molecular weight excluding hydrogens is 162 g/mol. The van der Waals surface area contributed by atoms with Gasteiger partial charge in [-0.2, -0.15) is 12.6 Å². The van der Waals surface area contributed by atoms with Crippen LogP contribution in [0.2, 0.25) is 0 Å². The van der Waals surface area contributed by atoms with Gasteiger partial charge in [0.1, 0.15) is 5.25 Å². The van der Waals surface area contributed by atoms with Gasteiger partial charge in [-0.05, 0) is 6.42 Å². The van der Waals surface area contributed by atoms with Gasteiger partial charge in [-0.15, -0.1) is 0 Å². The Morgan fingerprint density at radius 1 is 1.73 bits per heavy atom. The Labute approximate surface area is 72.7 Å². The molecule has 0 fully saturated rings. The summed E-state index contributed by atoms with van der Waals surface area (Å²) < 4.78 is 4.84. The van der Waals surface area contributed by atoms with Crippen molar-refractivity contribution in [2.24, 2.45) is 5.73 Å². The van der Waals surface area contributed by atoms with Crippen LogP contribution in [0.15, 0.2) is 0 Å². The van der Waals surface area contributed by atoms with Crippen molar-refractivity contribution in [1.82, 2.24) is 0 Å². The zero-order valence-corrected chi connectivity index (χ0v) is 7.64. The molecule has 0 aliphatic carbocycles. The molecule has 0 heterocycles. The maximum atomic E-state index is 10.9.